The van der Waals surface area contributed by atoms with Gasteiger partial charge in [0.1, 0.15) is 11.4 Å². The Morgan fingerprint density at radius 2 is 2.00 bits per heavy atom. The van der Waals surface area contributed by atoms with Crippen LogP contribution in [-0.2, 0) is 4.74 Å². The van der Waals surface area contributed by atoms with Gasteiger partial charge in [0.25, 0.3) is 0 Å². The summed E-state index contributed by atoms with van der Waals surface area (Å²) in [5, 5.41) is 7.04. The summed E-state index contributed by atoms with van der Waals surface area (Å²) >= 11 is 0. The normalized spacial score (nSPS) is 22.2. The van der Waals surface area contributed by atoms with Crippen LogP contribution in [0.4, 0.5) is 0 Å². The molecular formula is C22H36N4O2. The van der Waals surface area contributed by atoms with Crippen LogP contribution >= 0.6 is 0 Å². The van der Waals surface area contributed by atoms with E-state index in [0.717, 1.165) is 70.5 Å². The third-order valence-corrected chi connectivity index (χ3v) is 5.29. The van der Waals surface area contributed by atoms with Crippen LogP contribution in [0.5, 0.6) is 5.75 Å². The molecule has 3 rings (SSSR count). The van der Waals surface area contributed by atoms with Crippen molar-refractivity contribution in [1.29, 1.82) is 0 Å². The lowest BCUT2D eigenvalue weighted by molar-refractivity contribution is 0.0373. The molecule has 6 nitrogen and oxygen atoms in total. The van der Waals surface area contributed by atoms with Crippen molar-refractivity contribution in [2.75, 3.05) is 45.9 Å². The minimum Gasteiger partial charge on any atom is -0.487 e. The Labute approximate surface area is 169 Å². The molecule has 2 N–H and O–H groups in total. The van der Waals surface area contributed by atoms with E-state index in [1.807, 2.05) is 6.07 Å². The van der Waals surface area contributed by atoms with Crippen molar-refractivity contribution in [3.05, 3.63) is 29.8 Å². The van der Waals surface area contributed by atoms with E-state index in [0.29, 0.717) is 0 Å². The van der Waals surface area contributed by atoms with Gasteiger partial charge in [-0.25, -0.2) is 0 Å². The van der Waals surface area contributed by atoms with Crippen molar-refractivity contribution < 1.29 is 9.47 Å². The Morgan fingerprint density at radius 1 is 1.21 bits per heavy atom. The van der Waals surface area contributed by atoms with Gasteiger partial charge in [-0.15, -0.1) is 0 Å². The summed E-state index contributed by atoms with van der Waals surface area (Å²) in [7, 11) is 0. The molecule has 1 saturated heterocycles. The zero-order valence-corrected chi connectivity index (χ0v) is 17.7. The van der Waals surface area contributed by atoms with E-state index >= 15 is 0 Å². The first kappa shape index (κ1) is 20.9. The highest BCUT2D eigenvalue weighted by Crippen LogP contribution is 2.39. The summed E-state index contributed by atoms with van der Waals surface area (Å²) in [6, 6.07) is 8.51. The van der Waals surface area contributed by atoms with Gasteiger partial charge >= 0.3 is 0 Å². The van der Waals surface area contributed by atoms with Gasteiger partial charge in [-0.1, -0.05) is 18.2 Å². The Balaban J connectivity index is 1.54. The molecule has 1 aromatic carbocycles. The molecule has 6 heteroatoms. The molecule has 156 valence electrons. The molecule has 2 heterocycles. The molecule has 1 atom stereocenters. The number of rotatable bonds is 7. The van der Waals surface area contributed by atoms with E-state index in [2.05, 4.69) is 54.5 Å². The van der Waals surface area contributed by atoms with E-state index in [1.165, 1.54) is 12.0 Å². The van der Waals surface area contributed by atoms with Crippen molar-refractivity contribution in [1.82, 2.24) is 15.5 Å². The molecule has 0 spiro atoms. The molecule has 0 bridgehead atoms. The molecule has 0 amide bonds. The zero-order chi connectivity index (χ0) is 19.8. The highest BCUT2D eigenvalue weighted by molar-refractivity contribution is 5.80. The highest BCUT2D eigenvalue weighted by Gasteiger charge is 2.33. The molecule has 0 saturated carbocycles. The number of hydrogen-bond acceptors (Lipinski definition) is 4. The van der Waals surface area contributed by atoms with Crippen LogP contribution in [0.2, 0.25) is 0 Å². The maximum absolute atomic E-state index is 6.15. The predicted molar refractivity (Wildman–Crippen MR) is 114 cm³/mol. The Hall–Kier alpha value is -1.79. The maximum atomic E-state index is 6.15. The molecule has 2 aliphatic rings. The third kappa shape index (κ3) is 6.11. The van der Waals surface area contributed by atoms with Gasteiger partial charge in [0.05, 0.1) is 19.3 Å². The average Bonchev–Trinajstić information content (AvgIpc) is 2.68. The first-order valence-electron chi connectivity index (χ1n) is 10.7. The summed E-state index contributed by atoms with van der Waals surface area (Å²) in [5.74, 6) is 1.86. The van der Waals surface area contributed by atoms with Gasteiger partial charge in [0.15, 0.2) is 5.96 Å². The summed E-state index contributed by atoms with van der Waals surface area (Å²) in [5.41, 5.74) is 1.02. The molecular weight excluding hydrogens is 352 g/mol. The van der Waals surface area contributed by atoms with E-state index in [1.54, 1.807) is 0 Å². The lowest BCUT2D eigenvalue weighted by Crippen LogP contribution is -2.45. The van der Waals surface area contributed by atoms with E-state index in [-0.39, 0.29) is 11.6 Å². The fourth-order valence-electron chi connectivity index (χ4n) is 3.88. The number of morpholine rings is 1. The number of benzene rings is 1. The topological polar surface area (TPSA) is 58.1 Å². The van der Waals surface area contributed by atoms with E-state index in [4.69, 9.17) is 14.5 Å². The number of unbranched alkanes of at least 4 members (excludes halogenated alkanes) is 1. The van der Waals surface area contributed by atoms with E-state index < -0.39 is 0 Å². The van der Waals surface area contributed by atoms with Crippen molar-refractivity contribution in [2.24, 2.45) is 4.99 Å². The second-order valence-electron chi connectivity index (χ2n) is 8.22. The third-order valence-electron chi connectivity index (χ3n) is 5.29. The minimum absolute atomic E-state index is 0.193. The molecule has 1 aromatic rings. The van der Waals surface area contributed by atoms with Crippen LogP contribution in [0.15, 0.2) is 29.3 Å². The van der Waals surface area contributed by atoms with Gasteiger partial charge in [0, 0.05) is 38.2 Å². The number of guanidine groups is 1. The van der Waals surface area contributed by atoms with Crippen LogP contribution in [0, 0.1) is 0 Å². The molecule has 1 fully saturated rings. The summed E-state index contributed by atoms with van der Waals surface area (Å²) < 4.78 is 11.6. The van der Waals surface area contributed by atoms with E-state index in [9.17, 15) is 0 Å². The summed E-state index contributed by atoms with van der Waals surface area (Å²) in [4.78, 5) is 7.31. The predicted octanol–water partition coefficient (Wildman–Crippen LogP) is 2.96. The second-order valence-corrected chi connectivity index (χ2v) is 8.22. The molecule has 0 aromatic heterocycles. The zero-order valence-electron chi connectivity index (χ0n) is 17.7. The lowest BCUT2D eigenvalue weighted by Gasteiger charge is -2.38. The number of nitrogens with one attached hydrogen (secondary N) is 2. The Kier molecular flexibility index (Phi) is 7.57. The first-order chi connectivity index (χ1) is 13.6. The Bertz CT molecular complexity index is 641. The average molecular weight is 389 g/mol. The SMILES string of the molecule is CCNC(=NCCCCN1CCOCC1)NC1CC(C)(C)Oc2ccccc21. The fourth-order valence-corrected chi connectivity index (χ4v) is 3.88. The highest BCUT2D eigenvalue weighted by atomic mass is 16.5. The lowest BCUT2D eigenvalue weighted by atomic mass is 9.90. The minimum atomic E-state index is -0.193. The van der Waals surface area contributed by atoms with Gasteiger partial charge < -0.3 is 20.1 Å². The maximum Gasteiger partial charge on any atom is 0.191 e. The van der Waals surface area contributed by atoms with Crippen molar-refractivity contribution in [3.63, 3.8) is 0 Å². The molecule has 0 aliphatic carbocycles. The van der Waals surface area contributed by atoms with Crippen LogP contribution in [0.25, 0.3) is 0 Å². The van der Waals surface area contributed by atoms with Crippen molar-refractivity contribution >= 4 is 5.96 Å². The second kappa shape index (κ2) is 10.1. The smallest absolute Gasteiger partial charge is 0.191 e. The number of fused-ring (bicyclic) bond motifs is 1. The number of para-hydroxylation sites is 1. The number of aliphatic imine (C=N–C) groups is 1. The van der Waals surface area contributed by atoms with Gasteiger partial charge in [-0.05, 0) is 46.2 Å². The molecule has 1 unspecified atom stereocenters. The molecule has 28 heavy (non-hydrogen) atoms. The summed E-state index contributed by atoms with van der Waals surface area (Å²) in [6.45, 7) is 13.1. The van der Waals surface area contributed by atoms with Gasteiger partial charge in [-0.2, -0.15) is 0 Å². The van der Waals surface area contributed by atoms with Gasteiger partial charge in [0.2, 0.25) is 0 Å². The number of hydrogen-bond donors (Lipinski definition) is 2. The van der Waals surface area contributed by atoms with Gasteiger partial charge in [-0.3, -0.25) is 9.89 Å². The Morgan fingerprint density at radius 3 is 2.79 bits per heavy atom. The largest absolute Gasteiger partial charge is 0.487 e. The summed E-state index contributed by atoms with van der Waals surface area (Å²) in [6.07, 6.45) is 3.19. The number of nitrogens with zero attached hydrogens (tertiary/aromatic N) is 2. The van der Waals surface area contributed by atoms with Crippen LogP contribution in [0.1, 0.15) is 51.6 Å². The van der Waals surface area contributed by atoms with Crippen LogP contribution in [0.3, 0.4) is 0 Å². The standard InChI is InChI=1S/C22H36N4O2/c1-4-23-21(24-11-7-8-12-26-13-15-27-16-14-26)25-19-17-22(2,3)28-20-10-6-5-9-18(19)20/h5-6,9-10,19H,4,7-8,11-17H2,1-3H3,(H2,23,24,25). The molecule has 2 aliphatic heterocycles. The van der Waals surface area contributed by atoms with Crippen LogP contribution < -0.4 is 15.4 Å². The fraction of sp³-hybridized carbons (Fsp3) is 0.682. The quantitative estimate of drug-likeness (QED) is 0.427. The number of ether oxygens (including phenoxy) is 2. The monoisotopic (exact) mass is 388 g/mol. The first-order valence-corrected chi connectivity index (χ1v) is 10.7. The molecule has 0 radical (unpaired) electrons. The van der Waals surface area contributed by atoms with Crippen molar-refractivity contribution in [2.45, 2.75) is 51.7 Å². The van der Waals surface area contributed by atoms with Crippen molar-refractivity contribution in [3.8, 4) is 5.75 Å². The van der Waals surface area contributed by atoms with Crippen LogP contribution in [-0.4, -0.2) is 62.4 Å².